The Morgan fingerprint density at radius 1 is 1.38 bits per heavy atom. The smallest absolute Gasteiger partial charge is 0.147 e. The van der Waals surface area contributed by atoms with Crippen LogP contribution in [0.4, 0.5) is 0 Å². The Morgan fingerprint density at radius 3 is 2.50 bits per heavy atom. The molecular weight excluding hydrogens is 266 g/mol. The number of benzene rings is 1. The molecule has 1 aromatic rings. The molecule has 1 aromatic carbocycles. The van der Waals surface area contributed by atoms with Crippen molar-refractivity contribution >= 4 is 21.7 Å². The lowest BCUT2D eigenvalue weighted by atomic mass is 10.0. The molecule has 3 heteroatoms. The Balaban J connectivity index is 2.60. The maximum Gasteiger partial charge on any atom is 0.147 e. The van der Waals surface area contributed by atoms with Gasteiger partial charge in [-0.05, 0) is 44.0 Å². The first-order valence-electron chi connectivity index (χ1n) is 5.61. The van der Waals surface area contributed by atoms with Gasteiger partial charge >= 0.3 is 0 Å². The summed E-state index contributed by atoms with van der Waals surface area (Å²) >= 11 is 3.40. The highest BCUT2D eigenvalue weighted by Gasteiger charge is 2.13. The van der Waals surface area contributed by atoms with Gasteiger partial charge in [-0.3, -0.25) is 4.79 Å². The Labute approximate surface area is 106 Å². The third-order valence-electron chi connectivity index (χ3n) is 2.48. The summed E-state index contributed by atoms with van der Waals surface area (Å²) in [5, 5.41) is 3.27. The van der Waals surface area contributed by atoms with Crippen molar-refractivity contribution in [1.82, 2.24) is 5.32 Å². The van der Waals surface area contributed by atoms with Gasteiger partial charge in [-0.2, -0.15) is 0 Å². The number of ketones is 1. The number of halogens is 1. The third-order valence-corrected chi connectivity index (χ3v) is 3.01. The fourth-order valence-corrected chi connectivity index (χ4v) is 1.80. The van der Waals surface area contributed by atoms with E-state index < -0.39 is 0 Å². The summed E-state index contributed by atoms with van der Waals surface area (Å²) in [5.41, 5.74) is 1.19. The van der Waals surface area contributed by atoms with Crippen LogP contribution in [0.2, 0.25) is 0 Å². The summed E-state index contributed by atoms with van der Waals surface area (Å²) < 4.78 is 1.07. The molecule has 0 bridgehead atoms. The highest BCUT2D eigenvalue weighted by molar-refractivity contribution is 9.10. The number of nitrogens with one attached hydrogen (secondary N) is 1. The van der Waals surface area contributed by atoms with Crippen LogP contribution in [0.5, 0.6) is 0 Å². The average molecular weight is 284 g/mol. The Morgan fingerprint density at radius 2 is 2.00 bits per heavy atom. The van der Waals surface area contributed by atoms with Crippen molar-refractivity contribution in [2.45, 2.75) is 32.7 Å². The molecule has 16 heavy (non-hydrogen) atoms. The summed E-state index contributed by atoms with van der Waals surface area (Å²) in [4.78, 5) is 11.4. The van der Waals surface area contributed by atoms with Crippen molar-refractivity contribution in [1.29, 1.82) is 0 Å². The molecular formula is C13H18BrNO. The Bertz CT molecular complexity index is 334. The van der Waals surface area contributed by atoms with E-state index in [2.05, 4.69) is 28.2 Å². The maximum absolute atomic E-state index is 11.4. The molecule has 1 N–H and O–H groups in total. The predicted molar refractivity (Wildman–Crippen MR) is 70.6 cm³/mol. The van der Waals surface area contributed by atoms with Gasteiger partial charge in [0, 0.05) is 4.47 Å². The zero-order chi connectivity index (χ0) is 12.0. The minimum atomic E-state index is -0.0545. The SMILES string of the molecule is CCCN[C@@H](Cc1ccc(Br)cc1)C(C)=O. The lowest BCUT2D eigenvalue weighted by Crippen LogP contribution is -2.37. The van der Waals surface area contributed by atoms with Crippen molar-refractivity contribution in [3.63, 3.8) is 0 Å². The van der Waals surface area contributed by atoms with Gasteiger partial charge in [0.25, 0.3) is 0 Å². The summed E-state index contributed by atoms with van der Waals surface area (Å²) in [6.45, 7) is 4.64. The first-order chi connectivity index (χ1) is 7.63. The molecule has 0 saturated heterocycles. The number of hydrogen-bond acceptors (Lipinski definition) is 2. The van der Waals surface area contributed by atoms with Gasteiger partial charge in [0.15, 0.2) is 0 Å². The molecule has 0 heterocycles. The lowest BCUT2D eigenvalue weighted by Gasteiger charge is -2.15. The van der Waals surface area contributed by atoms with Crippen LogP contribution >= 0.6 is 15.9 Å². The minimum Gasteiger partial charge on any atom is -0.307 e. The van der Waals surface area contributed by atoms with E-state index in [4.69, 9.17) is 0 Å². The van der Waals surface area contributed by atoms with Gasteiger partial charge in [-0.1, -0.05) is 35.0 Å². The average Bonchev–Trinajstić information content (AvgIpc) is 2.26. The molecule has 0 spiro atoms. The molecule has 0 amide bonds. The van der Waals surface area contributed by atoms with E-state index in [1.54, 1.807) is 6.92 Å². The van der Waals surface area contributed by atoms with Crippen LogP contribution in [-0.2, 0) is 11.2 Å². The van der Waals surface area contributed by atoms with Crippen molar-refractivity contribution in [3.8, 4) is 0 Å². The van der Waals surface area contributed by atoms with E-state index in [0.29, 0.717) is 0 Å². The number of carbonyl (C=O) groups is 1. The van der Waals surface area contributed by atoms with E-state index in [0.717, 1.165) is 23.9 Å². The standard InChI is InChI=1S/C13H18BrNO/c1-3-8-15-13(10(2)16)9-11-4-6-12(14)7-5-11/h4-7,13,15H,3,8-9H2,1-2H3/t13-/m0/s1. The van der Waals surface area contributed by atoms with E-state index in [1.807, 2.05) is 24.3 Å². The minimum absolute atomic E-state index is 0.0545. The lowest BCUT2D eigenvalue weighted by molar-refractivity contribution is -0.118. The summed E-state index contributed by atoms with van der Waals surface area (Å²) in [6, 6.07) is 8.06. The van der Waals surface area contributed by atoms with Crippen molar-refractivity contribution in [2.24, 2.45) is 0 Å². The second kappa shape index (κ2) is 6.81. The first-order valence-corrected chi connectivity index (χ1v) is 6.41. The molecule has 0 aliphatic heterocycles. The molecule has 0 saturated carbocycles. The summed E-state index contributed by atoms with van der Waals surface area (Å²) in [6.07, 6.45) is 1.81. The Kier molecular flexibility index (Phi) is 5.71. The summed E-state index contributed by atoms with van der Waals surface area (Å²) in [5.74, 6) is 0.205. The molecule has 0 radical (unpaired) electrons. The van der Waals surface area contributed by atoms with E-state index in [9.17, 15) is 4.79 Å². The van der Waals surface area contributed by atoms with Crippen molar-refractivity contribution in [2.75, 3.05) is 6.54 Å². The molecule has 1 atom stereocenters. The van der Waals surface area contributed by atoms with Gasteiger partial charge in [0.2, 0.25) is 0 Å². The summed E-state index contributed by atoms with van der Waals surface area (Å²) in [7, 11) is 0. The highest BCUT2D eigenvalue weighted by atomic mass is 79.9. The second-order valence-electron chi connectivity index (χ2n) is 3.95. The molecule has 0 aliphatic rings. The third kappa shape index (κ3) is 4.45. The van der Waals surface area contributed by atoms with Gasteiger partial charge in [-0.25, -0.2) is 0 Å². The molecule has 1 rings (SSSR count). The van der Waals surface area contributed by atoms with E-state index in [1.165, 1.54) is 5.56 Å². The Hall–Kier alpha value is -0.670. The van der Waals surface area contributed by atoms with Crippen LogP contribution in [0.1, 0.15) is 25.8 Å². The zero-order valence-corrected chi connectivity index (χ0v) is 11.4. The van der Waals surface area contributed by atoms with Crippen molar-refractivity contribution < 1.29 is 4.79 Å². The molecule has 0 aliphatic carbocycles. The van der Waals surface area contributed by atoms with Gasteiger partial charge in [0.05, 0.1) is 6.04 Å². The van der Waals surface area contributed by atoms with E-state index in [-0.39, 0.29) is 11.8 Å². The monoisotopic (exact) mass is 283 g/mol. The maximum atomic E-state index is 11.4. The number of hydrogen-bond donors (Lipinski definition) is 1. The zero-order valence-electron chi connectivity index (χ0n) is 9.79. The van der Waals surface area contributed by atoms with Gasteiger partial charge in [-0.15, -0.1) is 0 Å². The van der Waals surface area contributed by atoms with Crippen LogP contribution in [0.3, 0.4) is 0 Å². The van der Waals surface area contributed by atoms with E-state index >= 15 is 0 Å². The van der Waals surface area contributed by atoms with Crippen LogP contribution < -0.4 is 5.32 Å². The van der Waals surface area contributed by atoms with Crippen LogP contribution in [0.25, 0.3) is 0 Å². The fourth-order valence-electron chi connectivity index (χ4n) is 1.53. The topological polar surface area (TPSA) is 29.1 Å². The quantitative estimate of drug-likeness (QED) is 0.870. The molecule has 2 nitrogen and oxygen atoms in total. The van der Waals surface area contributed by atoms with Crippen LogP contribution in [0, 0.1) is 0 Å². The first kappa shape index (κ1) is 13.4. The van der Waals surface area contributed by atoms with Crippen molar-refractivity contribution in [3.05, 3.63) is 34.3 Å². The van der Waals surface area contributed by atoms with Gasteiger partial charge in [0.1, 0.15) is 5.78 Å². The molecule has 0 fully saturated rings. The number of rotatable bonds is 6. The number of Topliss-reactive ketones (excluding diaryl/α,β-unsaturated/α-hetero) is 1. The largest absolute Gasteiger partial charge is 0.307 e. The highest BCUT2D eigenvalue weighted by Crippen LogP contribution is 2.12. The molecule has 88 valence electrons. The molecule has 0 unspecified atom stereocenters. The molecule has 0 aromatic heterocycles. The van der Waals surface area contributed by atoms with Gasteiger partial charge < -0.3 is 5.32 Å². The fraction of sp³-hybridized carbons (Fsp3) is 0.462. The predicted octanol–water partition coefficient (Wildman–Crippen LogP) is 2.95. The number of carbonyl (C=O) groups excluding carboxylic acids is 1. The van der Waals surface area contributed by atoms with Crippen LogP contribution in [-0.4, -0.2) is 18.4 Å². The normalized spacial score (nSPS) is 12.4. The van der Waals surface area contributed by atoms with Crippen LogP contribution in [0.15, 0.2) is 28.7 Å². The second-order valence-corrected chi connectivity index (χ2v) is 4.86.